The van der Waals surface area contributed by atoms with E-state index in [9.17, 15) is 14.4 Å². The fourth-order valence-electron chi connectivity index (χ4n) is 2.64. The van der Waals surface area contributed by atoms with Crippen LogP contribution in [0.5, 0.6) is 0 Å². The fraction of sp³-hybridized carbons (Fsp3) is 0.722. The predicted molar refractivity (Wildman–Crippen MR) is 93.9 cm³/mol. The molecule has 0 aliphatic rings. The largest absolute Gasteiger partial charge is 0.465 e. The average Bonchev–Trinajstić information content (AvgIpc) is 2.50. The molecule has 1 rings (SSSR count). The van der Waals surface area contributed by atoms with E-state index in [1.807, 2.05) is 13.8 Å². The Bertz CT molecular complexity index is 588. The Morgan fingerprint density at radius 2 is 1.88 bits per heavy atom. The monoisotopic (exact) mass is 338 g/mol. The Balaban J connectivity index is 2.29. The van der Waals surface area contributed by atoms with E-state index in [4.69, 9.17) is 4.74 Å². The molecule has 1 atom stereocenters. The minimum Gasteiger partial charge on any atom is -0.465 e. The molecule has 0 aliphatic heterocycles. The number of hydrogen-bond acceptors (Lipinski definition) is 4. The maximum atomic E-state index is 12.2. The highest BCUT2D eigenvalue weighted by Gasteiger charge is 2.24. The van der Waals surface area contributed by atoms with Gasteiger partial charge in [-0.2, -0.15) is 0 Å². The second kappa shape index (κ2) is 10.1. The zero-order valence-corrected chi connectivity index (χ0v) is 15.2. The molecular weight excluding hydrogens is 308 g/mol. The summed E-state index contributed by atoms with van der Waals surface area (Å²) in [7, 11) is 0. The summed E-state index contributed by atoms with van der Waals surface area (Å²) < 4.78 is 6.57. The molecule has 0 aliphatic carbocycles. The van der Waals surface area contributed by atoms with Gasteiger partial charge in [-0.1, -0.05) is 27.7 Å². The Kier molecular flexibility index (Phi) is 8.50. The van der Waals surface area contributed by atoms with Gasteiger partial charge >= 0.3 is 11.7 Å². The van der Waals surface area contributed by atoms with Crippen molar-refractivity contribution in [3.05, 3.63) is 33.1 Å². The number of unbranched alkanes of at least 4 members (excludes halogenated alkanes) is 2. The lowest BCUT2D eigenvalue weighted by Crippen LogP contribution is -2.33. The molecule has 0 bridgehead atoms. The van der Waals surface area contributed by atoms with Gasteiger partial charge in [0.2, 0.25) is 0 Å². The van der Waals surface area contributed by atoms with Gasteiger partial charge in [0.1, 0.15) is 0 Å². The second-order valence-electron chi connectivity index (χ2n) is 6.98. The van der Waals surface area contributed by atoms with Crippen LogP contribution in [0.4, 0.5) is 0 Å². The average molecular weight is 338 g/mol. The molecule has 1 aromatic heterocycles. The third-order valence-corrected chi connectivity index (χ3v) is 4.05. The summed E-state index contributed by atoms with van der Waals surface area (Å²) >= 11 is 0. The number of hydrogen-bond donors (Lipinski definition) is 1. The van der Waals surface area contributed by atoms with Crippen molar-refractivity contribution in [2.75, 3.05) is 6.61 Å². The third kappa shape index (κ3) is 6.72. The Hall–Kier alpha value is -1.85. The molecule has 24 heavy (non-hydrogen) atoms. The van der Waals surface area contributed by atoms with Crippen LogP contribution in [-0.2, 0) is 16.1 Å². The SMILES string of the molecule is CC(C)CC(C(=O)OCCCCCn1c(=O)cc[nH]c1=O)C(C)C. The summed E-state index contributed by atoms with van der Waals surface area (Å²) in [5.74, 6) is 0.574. The first-order valence-electron chi connectivity index (χ1n) is 8.78. The van der Waals surface area contributed by atoms with Crippen molar-refractivity contribution in [1.82, 2.24) is 9.55 Å². The molecule has 1 unspecified atom stereocenters. The van der Waals surface area contributed by atoms with Crippen LogP contribution in [0.25, 0.3) is 0 Å². The van der Waals surface area contributed by atoms with Gasteiger partial charge in [0, 0.05) is 18.8 Å². The molecule has 136 valence electrons. The number of nitrogens with one attached hydrogen (secondary N) is 1. The molecule has 0 aromatic carbocycles. The molecule has 1 heterocycles. The van der Waals surface area contributed by atoms with Crippen LogP contribution in [-0.4, -0.2) is 22.1 Å². The number of carbonyl (C=O) groups excluding carboxylic acids is 1. The number of carbonyl (C=O) groups is 1. The molecule has 0 spiro atoms. The minimum atomic E-state index is -0.387. The lowest BCUT2D eigenvalue weighted by Gasteiger charge is -2.21. The van der Waals surface area contributed by atoms with E-state index in [-0.39, 0.29) is 29.1 Å². The highest BCUT2D eigenvalue weighted by Crippen LogP contribution is 2.21. The first-order chi connectivity index (χ1) is 11.3. The van der Waals surface area contributed by atoms with Gasteiger partial charge in [-0.3, -0.25) is 14.2 Å². The van der Waals surface area contributed by atoms with E-state index < -0.39 is 0 Å². The summed E-state index contributed by atoms with van der Waals surface area (Å²) in [6, 6.07) is 1.34. The van der Waals surface area contributed by atoms with E-state index in [1.54, 1.807) is 0 Å². The topological polar surface area (TPSA) is 81.2 Å². The van der Waals surface area contributed by atoms with E-state index in [2.05, 4.69) is 18.8 Å². The molecule has 1 N–H and O–H groups in total. The molecule has 1 aromatic rings. The number of H-pyrrole nitrogens is 1. The van der Waals surface area contributed by atoms with E-state index in [0.717, 1.165) is 19.3 Å². The number of nitrogens with zero attached hydrogens (tertiary/aromatic N) is 1. The van der Waals surface area contributed by atoms with Crippen molar-refractivity contribution >= 4 is 5.97 Å². The van der Waals surface area contributed by atoms with Crippen molar-refractivity contribution in [3.8, 4) is 0 Å². The quantitative estimate of drug-likeness (QED) is 0.525. The van der Waals surface area contributed by atoms with Gasteiger partial charge in [0.05, 0.1) is 12.5 Å². The summed E-state index contributed by atoms with van der Waals surface area (Å²) in [5.41, 5.74) is -0.680. The first kappa shape index (κ1) is 20.2. The van der Waals surface area contributed by atoms with Crippen LogP contribution in [0.3, 0.4) is 0 Å². The molecule has 0 amide bonds. The Morgan fingerprint density at radius 3 is 2.46 bits per heavy atom. The Morgan fingerprint density at radius 1 is 1.17 bits per heavy atom. The van der Waals surface area contributed by atoms with E-state index in [1.165, 1.54) is 16.8 Å². The highest BCUT2D eigenvalue weighted by atomic mass is 16.5. The van der Waals surface area contributed by atoms with Crippen LogP contribution in [0.2, 0.25) is 0 Å². The van der Waals surface area contributed by atoms with Crippen molar-refractivity contribution in [2.24, 2.45) is 17.8 Å². The molecule has 6 nitrogen and oxygen atoms in total. The highest BCUT2D eigenvalue weighted by molar-refractivity contribution is 5.72. The van der Waals surface area contributed by atoms with Crippen LogP contribution in [0.1, 0.15) is 53.4 Å². The zero-order valence-electron chi connectivity index (χ0n) is 15.2. The van der Waals surface area contributed by atoms with Crippen LogP contribution >= 0.6 is 0 Å². The maximum absolute atomic E-state index is 12.2. The molecular formula is C18H30N2O4. The lowest BCUT2D eigenvalue weighted by molar-refractivity contribution is -0.151. The Labute approximate surface area is 143 Å². The molecule has 0 saturated carbocycles. The van der Waals surface area contributed by atoms with Gasteiger partial charge in [-0.05, 0) is 37.5 Å². The normalized spacial score (nSPS) is 12.6. The summed E-state index contributed by atoms with van der Waals surface area (Å²) in [4.78, 5) is 37.7. The summed E-state index contributed by atoms with van der Waals surface area (Å²) in [6.45, 7) is 9.07. The maximum Gasteiger partial charge on any atom is 0.328 e. The van der Waals surface area contributed by atoms with Crippen LogP contribution in [0, 0.1) is 17.8 Å². The van der Waals surface area contributed by atoms with Crippen molar-refractivity contribution in [1.29, 1.82) is 0 Å². The molecule has 0 fully saturated rings. The van der Waals surface area contributed by atoms with Crippen molar-refractivity contribution < 1.29 is 9.53 Å². The van der Waals surface area contributed by atoms with Gasteiger partial charge in [0.25, 0.3) is 5.56 Å². The predicted octanol–water partition coefficient (Wildman–Crippen LogP) is 2.57. The number of esters is 1. The molecule has 0 saturated heterocycles. The van der Waals surface area contributed by atoms with Crippen molar-refractivity contribution in [2.45, 2.75) is 59.9 Å². The minimum absolute atomic E-state index is 0.0496. The molecule has 0 radical (unpaired) electrons. The van der Waals surface area contributed by atoms with Gasteiger partial charge in [-0.25, -0.2) is 4.79 Å². The van der Waals surface area contributed by atoms with E-state index >= 15 is 0 Å². The second-order valence-corrected chi connectivity index (χ2v) is 6.98. The smallest absolute Gasteiger partial charge is 0.328 e. The van der Waals surface area contributed by atoms with Gasteiger partial charge in [0.15, 0.2) is 0 Å². The summed E-state index contributed by atoms with van der Waals surface area (Å²) in [5, 5.41) is 0. The number of aromatic amines is 1. The number of ether oxygens (including phenoxy) is 1. The zero-order chi connectivity index (χ0) is 18.1. The first-order valence-corrected chi connectivity index (χ1v) is 8.78. The van der Waals surface area contributed by atoms with Crippen LogP contribution in [0.15, 0.2) is 21.9 Å². The number of rotatable bonds is 10. The lowest BCUT2D eigenvalue weighted by atomic mass is 9.88. The van der Waals surface area contributed by atoms with Crippen LogP contribution < -0.4 is 11.2 Å². The van der Waals surface area contributed by atoms with Crippen molar-refractivity contribution in [3.63, 3.8) is 0 Å². The third-order valence-electron chi connectivity index (χ3n) is 4.05. The number of aromatic nitrogens is 2. The van der Waals surface area contributed by atoms with Gasteiger partial charge in [-0.15, -0.1) is 0 Å². The fourth-order valence-corrected chi connectivity index (χ4v) is 2.64. The standard InChI is InChI=1S/C18H30N2O4/c1-13(2)12-15(14(3)4)17(22)24-11-7-5-6-10-20-16(21)8-9-19-18(20)23/h8-9,13-15H,5-7,10-12H2,1-4H3,(H,19,23). The molecule has 6 heteroatoms. The van der Waals surface area contributed by atoms with E-state index in [0.29, 0.717) is 25.5 Å². The summed E-state index contributed by atoms with van der Waals surface area (Å²) in [6.07, 6.45) is 4.42. The van der Waals surface area contributed by atoms with Gasteiger partial charge < -0.3 is 9.72 Å².